The van der Waals surface area contributed by atoms with Crippen molar-refractivity contribution in [2.45, 2.75) is 29.5 Å². The van der Waals surface area contributed by atoms with E-state index < -0.39 is 15.8 Å². The van der Waals surface area contributed by atoms with Gasteiger partial charge in [0.25, 0.3) is 0 Å². The summed E-state index contributed by atoms with van der Waals surface area (Å²) >= 11 is 5.97. The zero-order valence-corrected chi connectivity index (χ0v) is 11.3. The summed E-state index contributed by atoms with van der Waals surface area (Å²) in [5.74, 6) is -0.282. The molecule has 0 radical (unpaired) electrons. The number of hydrogen-bond acceptors (Lipinski definition) is 2. The molecule has 6 heteroatoms. The first kappa shape index (κ1) is 13.8. The molecule has 1 aliphatic carbocycles. The molecule has 0 amide bonds. The standard InChI is InChI=1S/C12H15ClFNO2S/c13-10-5-4-9(6-10)8-15-18(16,17)12-3-1-2-11(14)7-12/h1-3,7,9-10,15H,4-6,8H2. The summed E-state index contributed by atoms with van der Waals surface area (Å²) in [6.07, 6.45) is 2.68. The van der Waals surface area contributed by atoms with Crippen molar-refractivity contribution >= 4 is 21.6 Å². The van der Waals surface area contributed by atoms with E-state index in [4.69, 9.17) is 11.6 Å². The van der Waals surface area contributed by atoms with Crippen molar-refractivity contribution in [2.75, 3.05) is 6.54 Å². The molecule has 1 N–H and O–H groups in total. The number of rotatable bonds is 4. The smallest absolute Gasteiger partial charge is 0.211 e. The van der Waals surface area contributed by atoms with E-state index in [1.54, 1.807) is 0 Å². The fraction of sp³-hybridized carbons (Fsp3) is 0.500. The number of hydrogen-bond donors (Lipinski definition) is 1. The molecule has 2 rings (SSSR count). The van der Waals surface area contributed by atoms with Crippen LogP contribution in [0.5, 0.6) is 0 Å². The molecule has 2 unspecified atom stereocenters. The van der Waals surface area contributed by atoms with Gasteiger partial charge in [-0.25, -0.2) is 17.5 Å². The Labute approximate surface area is 111 Å². The lowest BCUT2D eigenvalue weighted by Gasteiger charge is -2.11. The SMILES string of the molecule is O=S(=O)(NCC1CCC(Cl)C1)c1cccc(F)c1. The minimum Gasteiger partial charge on any atom is -0.211 e. The third kappa shape index (κ3) is 3.43. The highest BCUT2D eigenvalue weighted by molar-refractivity contribution is 7.89. The summed E-state index contributed by atoms with van der Waals surface area (Å²) in [7, 11) is -3.62. The summed E-state index contributed by atoms with van der Waals surface area (Å²) in [4.78, 5) is -0.0390. The Morgan fingerprint density at radius 1 is 1.39 bits per heavy atom. The first-order chi connectivity index (χ1) is 8.47. The van der Waals surface area contributed by atoms with Crippen LogP contribution in [-0.2, 0) is 10.0 Å². The zero-order chi connectivity index (χ0) is 13.2. The van der Waals surface area contributed by atoms with Gasteiger partial charge < -0.3 is 0 Å². The lowest BCUT2D eigenvalue weighted by Crippen LogP contribution is -2.28. The van der Waals surface area contributed by atoms with E-state index in [2.05, 4.69) is 4.72 Å². The third-order valence-corrected chi connectivity index (χ3v) is 4.96. The van der Waals surface area contributed by atoms with Gasteiger partial charge in [-0.15, -0.1) is 11.6 Å². The summed E-state index contributed by atoms with van der Waals surface area (Å²) in [6, 6.07) is 4.99. The Balaban J connectivity index is 1.99. The molecule has 3 nitrogen and oxygen atoms in total. The van der Waals surface area contributed by atoms with Crippen molar-refractivity contribution in [1.29, 1.82) is 0 Å². The second kappa shape index (κ2) is 5.55. The van der Waals surface area contributed by atoms with Crippen molar-refractivity contribution in [1.82, 2.24) is 4.72 Å². The van der Waals surface area contributed by atoms with Gasteiger partial charge in [0.15, 0.2) is 0 Å². The van der Waals surface area contributed by atoms with Gasteiger partial charge >= 0.3 is 0 Å². The maximum atomic E-state index is 13.0. The van der Waals surface area contributed by atoms with Crippen LogP contribution in [0.3, 0.4) is 0 Å². The molecule has 1 aromatic carbocycles. The molecule has 0 saturated heterocycles. The van der Waals surface area contributed by atoms with Crippen LogP contribution in [0, 0.1) is 11.7 Å². The predicted octanol–water partition coefficient (Wildman–Crippen LogP) is 2.51. The average Bonchev–Trinajstić information content (AvgIpc) is 2.73. The van der Waals surface area contributed by atoms with Crippen molar-refractivity contribution in [2.24, 2.45) is 5.92 Å². The van der Waals surface area contributed by atoms with Gasteiger partial charge in [-0.1, -0.05) is 6.07 Å². The summed E-state index contributed by atoms with van der Waals surface area (Å²) in [6.45, 7) is 0.363. The minimum atomic E-state index is -3.62. The molecule has 0 heterocycles. The number of sulfonamides is 1. The zero-order valence-electron chi connectivity index (χ0n) is 9.77. The highest BCUT2D eigenvalue weighted by atomic mass is 35.5. The molecular weight excluding hydrogens is 277 g/mol. The van der Waals surface area contributed by atoms with E-state index >= 15 is 0 Å². The average molecular weight is 292 g/mol. The molecule has 100 valence electrons. The number of nitrogens with one attached hydrogen (secondary N) is 1. The first-order valence-corrected chi connectivity index (χ1v) is 7.78. The second-order valence-corrected chi connectivity index (χ2v) is 6.97. The quantitative estimate of drug-likeness (QED) is 0.867. The van der Waals surface area contributed by atoms with E-state index in [-0.39, 0.29) is 16.2 Å². The van der Waals surface area contributed by atoms with Gasteiger partial charge in [-0.2, -0.15) is 0 Å². The highest BCUT2D eigenvalue weighted by Gasteiger charge is 2.24. The molecule has 0 spiro atoms. The van der Waals surface area contributed by atoms with Crippen LogP contribution in [-0.4, -0.2) is 20.3 Å². The molecule has 1 aliphatic rings. The van der Waals surface area contributed by atoms with Gasteiger partial charge in [-0.05, 0) is 43.4 Å². The van der Waals surface area contributed by atoms with Gasteiger partial charge in [0, 0.05) is 11.9 Å². The van der Waals surface area contributed by atoms with Crippen molar-refractivity contribution in [3.8, 4) is 0 Å². The molecule has 0 bridgehead atoms. The second-order valence-electron chi connectivity index (χ2n) is 4.59. The van der Waals surface area contributed by atoms with Crippen LogP contribution >= 0.6 is 11.6 Å². The van der Waals surface area contributed by atoms with Crippen LogP contribution in [0.25, 0.3) is 0 Å². The van der Waals surface area contributed by atoms with Gasteiger partial charge in [0.05, 0.1) is 4.90 Å². The fourth-order valence-corrected chi connectivity index (χ4v) is 3.67. The van der Waals surface area contributed by atoms with Crippen LogP contribution in [0.15, 0.2) is 29.2 Å². The molecule has 0 aliphatic heterocycles. The fourth-order valence-electron chi connectivity index (χ4n) is 2.14. The van der Waals surface area contributed by atoms with Gasteiger partial charge in [0.1, 0.15) is 5.82 Å². The summed E-state index contributed by atoms with van der Waals surface area (Å²) in [5.41, 5.74) is 0. The van der Waals surface area contributed by atoms with E-state index in [1.165, 1.54) is 18.2 Å². The molecule has 2 atom stereocenters. The van der Waals surface area contributed by atoms with Gasteiger partial charge in [0.2, 0.25) is 10.0 Å². The Kier molecular flexibility index (Phi) is 4.25. The summed E-state index contributed by atoms with van der Waals surface area (Å²) < 4.78 is 39.3. The van der Waals surface area contributed by atoms with Crippen LogP contribution in [0.2, 0.25) is 0 Å². The van der Waals surface area contributed by atoms with Crippen LogP contribution in [0.1, 0.15) is 19.3 Å². The molecule has 18 heavy (non-hydrogen) atoms. The Bertz CT molecular complexity index is 521. The van der Waals surface area contributed by atoms with E-state index in [1.807, 2.05) is 0 Å². The van der Waals surface area contributed by atoms with Crippen molar-refractivity contribution < 1.29 is 12.8 Å². The molecule has 1 aromatic rings. The Morgan fingerprint density at radius 2 is 2.17 bits per heavy atom. The maximum absolute atomic E-state index is 13.0. The van der Waals surface area contributed by atoms with Crippen LogP contribution < -0.4 is 4.72 Å². The number of alkyl halides is 1. The number of halogens is 2. The largest absolute Gasteiger partial charge is 0.240 e. The Hall–Kier alpha value is -0.650. The number of benzene rings is 1. The lowest BCUT2D eigenvalue weighted by atomic mass is 10.1. The Morgan fingerprint density at radius 3 is 2.78 bits per heavy atom. The monoisotopic (exact) mass is 291 g/mol. The van der Waals surface area contributed by atoms with E-state index in [0.717, 1.165) is 25.3 Å². The van der Waals surface area contributed by atoms with Crippen LogP contribution in [0.4, 0.5) is 4.39 Å². The normalized spacial score (nSPS) is 24.3. The molecule has 1 saturated carbocycles. The van der Waals surface area contributed by atoms with E-state index in [9.17, 15) is 12.8 Å². The lowest BCUT2D eigenvalue weighted by molar-refractivity contribution is 0.519. The maximum Gasteiger partial charge on any atom is 0.240 e. The summed E-state index contributed by atoms with van der Waals surface area (Å²) in [5, 5.41) is 0.147. The van der Waals surface area contributed by atoms with Crippen molar-refractivity contribution in [3.05, 3.63) is 30.1 Å². The predicted molar refractivity (Wildman–Crippen MR) is 68.6 cm³/mol. The van der Waals surface area contributed by atoms with Gasteiger partial charge in [-0.3, -0.25) is 0 Å². The highest BCUT2D eigenvalue weighted by Crippen LogP contribution is 2.29. The minimum absolute atomic E-state index is 0.0390. The third-order valence-electron chi connectivity index (χ3n) is 3.15. The molecule has 0 aromatic heterocycles. The molecule has 1 fully saturated rings. The topological polar surface area (TPSA) is 46.2 Å². The van der Waals surface area contributed by atoms with E-state index in [0.29, 0.717) is 6.54 Å². The van der Waals surface area contributed by atoms with Crippen molar-refractivity contribution in [3.63, 3.8) is 0 Å². The molecular formula is C12H15ClFNO2S. The first-order valence-electron chi connectivity index (χ1n) is 5.86.